The van der Waals surface area contributed by atoms with Gasteiger partial charge in [0.15, 0.2) is 0 Å². The van der Waals surface area contributed by atoms with E-state index in [0.717, 1.165) is 24.8 Å². The van der Waals surface area contributed by atoms with E-state index in [1.54, 1.807) is 12.1 Å². The molecule has 2 N–H and O–H groups in total. The van der Waals surface area contributed by atoms with Gasteiger partial charge in [0.25, 0.3) is 0 Å². The molecule has 2 aliphatic heterocycles. The number of halogens is 1. The van der Waals surface area contributed by atoms with Crippen molar-refractivity contribution in [2.45, 2.75) is 44.1 Å². The molecule has 19 heavy (non-hydrogen) atoms. The number of amides is 2. The minimum Gasteiger partial charge on any atom is -0.373 e. The van der Waals surface area contributed by atoms with Crippen molar-refractivity contribution in [3.8, 4) is 0 Å². The van der Waals surface area contributed by atoms with Crippen molar-refractivity contribution in [2.24, 2.45) is 0 Å². The van der Waals surface area contributed by atoms with Crippen LogP contribution < -0.4 is 10.6 Å². The van der Waals surface area contributed by atoms with E-state index in [0.29, 0.717) is 12.6 Å². The van der Waals surface area contributed by atoms with E-state index in [2.05, 4.69) is 10.6 Å². The Morgan fingerprint density at radius 1 is 1.42 bits per heavy atom. The third kappa shape index (κ3) is 2.87. The van der Waals surface area contributed by atoms with Crippen molar-refractivity contribution in [3.63, 3.8) is 0 Å². The Hall–Kier alpha value is -1.62. The van der Waals surface area contributed by atoms with Crippen molar-refractivity contribution < 1.29 is 13.9 Å². The summed E-state index contributed by atoms with van der Waals surface area (Å²) in [6.45, 7) is 0.325. The molecule has 1 aromatic rings. The van der Waals surface area contributed by atoms with Crippen LogP contribution in [0.5, 0.6) is 0 Å². The molecule has 5 heteroatoms. The molecular formula is C14H17FN2O2. The van der Waals surface area contributed by atoms with Crippen LogP contribution in [0.2, 0.25) is 0 Å². The number of hydrogen-bond acceptors (Lipinski definition) is 2. The first-order chi connectivity index (χ1) is 9.20. The normalized spacial score (nSPS) is 28.4. The van der Waals surface area contributed by atoms with E-state index >= 15 is 0 Å². The van der Waals surface area contributed by atoms with Crippen LogP contribution in [0.1, 0.15) is 24.8 Å². The molecule has 0 aliphatic carbocycles. The van der Waals surface area contributed by atoms with Crippen LogP contribution in [0.3, 0.4) is 0 Å². The molecule has 0 spiro atoms. The molecule has 2 saturated heterocycles. The fourth-order valence-corrected chi connectivity index (χ4v) is 2.84. The van der Waals surface area contributed by atoms with Gasteiger partial charge in [0.05, 0.1) is 18.2 Å². The maximum absolute atomic E-state index is 13.0. The largest absolute Gasteiger partial charge is 0.373 e. The van der Waals surface area contributed by atoms with Gasteiger partial charge in [-0.25, -0.2) is 9.18 Å². The quantitative estimate of drug-likeness (QED) is 0.876. The van der Waals surface area contributed by atoms with Crippen molar-refractivity contribution >= 4 is 6.03 Å². The molecule has 4 nitrogen and oxygen atoms in total. The number of carbonyl (C=O) groups excluding carboxylic acids is 1. The molecule has 2 fully saturated rings. The Morgan fingerprint density at radius 2 is 2.32 bits per heavy atom. The second kappa shape index (κ2) is 5.17. The zero-order valence-corrected chi connectivity index (χ0v) is 10.6. The molecule has 0 unspecified atom stereocenters. The van der Waals surface area contributed by atoms with E-state index in [4.69, 9.17) is 4.74 Å². The Bertz CT molecular complexity index is 480. The lowest BCUT2D eigenvalue weighted by Crippen LogP contribution is -2.46. The zero-order valence-electron chi connectivity index (χ0n) is 10.6. The summed E-state index contributed by atoms with van der Waals surface area (Å²) in [5.74, 6) is -0.291. The first-order valence-electron chi connectivity index (χ1n) is 6.65. The molecule has 0 radical (unpaired) electrons. The lowest BCUT2D eigenvalue weighted by molar-refractivity contribution is 0.0981. The highest BCUT2D eigenvalue weighted by molar-refractivity contribution is 5.74. The zero-order chi connectivity index (χ0) is 13.2. The summed E-state index contributed by atoms with van der Waals surface area (Å²) in [6, 6.07) is 6.12. The van der Waals surface area contributed by atoms with E-state index in [1.807, 2.05) is 0 Å². The number of nitrogens with one attached hydrogen (secondary N) is 2. The molecule has 102 valence electrons. The van der Waals surface area contributed by atoms with E-state index in [1.165, 1.54) is 12.1 Å². The number of rotatable bonds is 3. The number of benzene rings is 1. The van der Waals surface area contributed by atoms with Gasteiger partial charge in [0, 0.05) is 6.54 Å². The lowest BCUT2D eigenvalue weighted by atomic mass is 9.96. The van der Waals surface area contributed by atoms with E-state index < -0.39 is 0 Å². The predicted octanol–water partition coefficient (Wildman–Crippen LogP) is 1.94. The number of hydrogen-bond donors (Lipinski definition) is 2. The Morgan fingerprint density at radius 3 is 3.00 bits per heavy atom. The van der Waals surface area contributed by atoms with Crippen LogP contribution in [-0.2, 0) is 11.3 Å². The summed E-state index contributed by atoms with van der Waals surface area (Å²) < 4.78 is 18.6. The Balaban J connectivity index is 1.47. The SMILES string of the molecule is O=C(NCc1cccc(F)c1)N[C@@H]1C[C@H]2CC[C@@H]1O2. The highest BCUT2D eigenvalue weighted by Gasteiger charge is 2.41. The molecule has 0 aromatic heterocycles. The van der Waals surface area contributed by atoms with Gasteiger partial charge in [-0.05, 0) is 37.0 Å². The highest BCUT2D eigenvalue weighted by atomic mass is 19.1. The second-order valence-corrected chi connectivity index (χ2v) is 5.17. The summed E-state index contributed by atoms with van der Waals surface area (Å²) >= 11 is 0. The summed E-state index contributed by atoms with van der Waals surface area (Å²) in [7, 11) is 0. The van der Waals surface area contributed by atoms with E-state index in [9.17, 15) is 9.18 Å². The summed E-state index contributed by atoms with van der Waals surface area (Å²) in [4.78, 5) is 11.8. The predicted molar refractivity (Wildman–Crippen MR) is 68.1 cm³/mol. The van der Waals surface area contributed by atoms with Gasteiger partial charge in [-0.1, -0.05) is 12.1 Å². The second-order valence-electron chi connectivity index (χ2n) is 5.17. The average Bonchev–Trinajstić information content (AvgIpc) is 2.99. The number of ether oxygens (including phenoxy) is 1. The van der Waals surface area contributed by atoms with Gasteiger partial charge in [-0.3, -0.25) is 0 Å². The number of urea groups is 1. The Kier molecular flexibility index (Phi) is 3.38. The molecule has 2 heterocycles. The van der Waals surface area contributed by atoms with Crippen LogP contribution in [0, 0.1) is 5.82 Å². The van der Waals surface area contributed by atoms with Crippen LogP contribution in [-0.4, -0.2) is 24.3 Å². The maximum Gasteiger partial charge on any atom is 0.315 e. The van der Waals surface area contributed by atoms with Gasteiger partial charge >= 0.3 is 6.03 Å². The van der Waals surface area contributed by atoms with Crippen LogP contribution in [0.15, 0.2) is 24.3 Å². The summed E-state index contributed by atoms with van der Waals surface area (Å²) in [5.41, 5.74) is 0.749. The standard InChI is InChI=1S/C14H17FN2O2/c15-10-3-1-2-9(6-10)8-16-14(18)17-12-7-11-4-5-13(12)19-11/h1-3,6,11-13H,4-5,7-8H2,(H2,16,17,18)/t11-,12-,13+/m1/s1. The Labute approximate surface area is 111 Å². The monoisotopic (exact) mass is 264 g/mol. The molecule has 2 aliphatic rings. The summed E-state index contributed by atoms with van der Waals surface area (Å²) in [6.07, 6.45) is 3.52. The van der Waals surface area contributed by atoms with Crippen molar-refractivity contribution in [3.05, 3.63) is 35.6 Å². The first-order valence-corrected chi connectivity index (χ1v) is 6.65. The van der Waals surface area contributed by atoms with Gasteiger partial charge in [0.2, 0.25) is 0 Å². The van der Waals surface area contributed by atoms with Crippen molar-refractivity contribution in [1.29, 1.82) is 0 Å². The van der Waals surface area contributed by atoms with Gasteiger partial charge in [-0.2, -0.15) is 0 Å². The number of carbonyl (C=O) groups is 1. The molecule has 3 rings (SSSR count). The minimum atomic E-state index is -0.291. The molecular weight excluding hydrogens is 247 g/mol. The third-order valence-electron chi connectivity index (χ3n) is 3.76. The van der Waals surface area contributed by atoms with Crippen LogP contribution in [0.4, 0.5) is 9.18 Å². The van der Waals surface area contributed by atoms with Crippen molar-refractivity contribution in [1.82, 2.24) is 10.6 Å². The average molecular weight is 264 g/mol. The molecule has 2 bridgehead atoms. The molecule has 3 atom stereocenters. The lowest BCUT2D eigenvalue weighted by Gasteiger charge is -2.20. The minimum absolute atomic E-state index is 0.117. The fraction of sp³-hybridized carbons (Fsp3) is 0.500. The number of fused-ring (bicyclic) bond motifs is 2. The van der Waals surface area contributed by atoms with Crippen LogP contribution in [0.25, 0.3) is 0 Å². The summed E-state index contributed by atoms with van der Waals surface area (Å²) in [5, 5.41) is 5.67. The smallest absolute Gasteiger partial charge is 0.315 e. The fourth-order valence-electron chi connectivity index (χ4n) is 2.84. The molecule has 1 aromatic carbocycles. The van der Waals surface area contributed by atoms with E-state index in [-0.39, 0.29) is 24.0 Å². The maximum atomic E-state index is 13.0. The first kappa shape index (κ1) is 12.4. The van der Waals surface area contributed by atoms with Gasteiger partial charge < -0.3 is 15.4 Å². The van der Waals surface area contributed by atoms with Crippen molar-refractivity contribution in [2.75, 3.05) is 0 Å². The van der Waals surface area contributed by atoms with Gasteiger partial charge in [0.1, 0.15) is 5.82 Å². The molecule has 2 amide bonds. The topological polar surface area (TPSA) is 50.4 Å². The van der Waals surface area contributed by atoms with Gasteiger partial charge in [-0.15, -0.1) is 0 Å². The third-order valence-corrected chi connectivity index (χ3v) is 3.76. The highest BCUT2D eigenvalue weighted by Crippen LogP contribution is 2.34. The van der Waals surface area contributed by atoms with Crippen LogP contribution >= 0.6 is 0 Å². The molecule has 0 saturated carbocycles.